The van der Waals surface area contributed by atoms with E-state index in [-0.39, 0.29) is 18.4 Å². The van der Waals surface area contributed by atoms with Crippen LogP contribution in [0, 0.1) is 0 Å². The van der Waals surface area contributed by atoms with Gasteiger partial charge in [0, 0.05) is 12.8 Å². The van der Waals surface area contributed by atoms with Crippen molar-refractivity contribution in [3.8, 4) is 0 Å². The van der Waals surface area contributed by atoms with Crippen molar-refractivity contribution in [2.45, 2.75) is 39.0 Å². The molecular formula is C15H20O3. The van der Waals surface area contributed by atoms with E-state index in [0.717, 1.165) is 19.3 Å². The van der Waals surface area contributed by atoms with E-state index in [0.29, 0.717) is 18.4 Å². The fraction of sp³-hybridized carbons (Fsp3) is 0.467. The molecule has 98 valence electrons. The van der Waals surface area contributed by atoms with E-state index >= 15 is 0 Å². The van der Waals surface area contributed by atoms with Gasteiger partial charge in [0.2, 0.25) is 0 Å². The summed E-state index contributed by atoms with van der Waals surface area (Å²) in [6.07, 6.45) is 4.03. The fourth-order valence-corrected chi connectivity index (χ4v) is 1.61. The molecule has 0 unspecified atom stereocenters. The highest BCUT2D eigenvalue weighted by Crippen LogP contribution is 2.04. The van der Waals surface area contributed by atoms with E-state index in [2.05, 4.69) is 6.92 Å². The van der Waals surface area contributed by atoms with Crippen molar-refractivity contribution in [1.29, 1.82) is 0 Å². The van der Waals surface area contributed by atoms with E-state index < -0.39 is 0 Å². The molecule has 0 N–H and O–H groups in total. The average Bonchev–Trinajstić information content (AvgIpc) is 2.40. The molecule has 0 saturated heterocycles. The Bertz CT molecular complexity index is 371. The summed E-state index contributed by atoms with van der Waals surface area (Å²) in [4.78, 5) is 23.0. The smallest absolute Gasteiger partial charge is 0.338 e. The Hall–Kier alpha value is -1.64. The Morgan fingerprint density at radius 3 is 2.44 bits per heavy atom. The summed E-state index contributed by atoms with van der Waals surface area (Å²) < 4.78 is 5.05. The maximum absolute atomic E-state index is 11.6. The molecule has 18 heavy (non-hydrogen) atoms. The molecule has 0 aliphatic carbocycles. The third-order valence-corrected chi connectivity index (χ3v) is 2.68. The van der Waals surface area contributed by atoms with Crippen molar-refractivity contribution in [3.63, 3.8) is 0 Å². The lowest BCUT2D eigenvalue weighted by molar-refractivity contribution is -0.119. The summed E-state index contributed by atoms with van der Waals surface area (Å²) in [5.41, 5.74) is 0.524. The van der Waals surface area contributed by atoms with E-state index in [1.165, 1.54) is 0 Å². The summed E-state index contributed by atoms with van der Waals surface area (Å²) in [5, 5.41) is 0. The lowest BCUT2D eigenvalue weighted by Gasteiger charge is -2.04. The number of ether oxygens (including phenoxy) is 1. The molecule has 0 bridgehead atoms. The molecule has 3 heteroatoms. The van der Waals surface area contributed by atoms with Gasteiger partial charge in [-0.25, -0.2) is 4.79 Å². The molecule has 0 spiro atoms. The lowest BCUT2D eigenvalue weighted by Crippen LogP contribution is -2.10. The number of hydrogen-bond acceptors (Lipinski definition) is 3. The monoisotopic (exact) mass is 248 g/mol. The first-order valence-electron chi connectivity index (χ1n) is 6.48. The van der Waals surface area contributed by atoms with Gasteiger partial charge in [-0.1, -0.05) is 38.0 Å². The molecule has 3 nitrogen and oxygen atoms in total. The Labute approximate surface area is 108 Å². The van der Waals surface area contributed by atoms with E-state index in [4.69, 9.17) is 4.74 Å². The molecule has 0 saturated carbocycles. The van der Waals surface area contributed by atoms with Crippen LogP contribution in [0.2, 0.25) is 0 Å². The van der Waals surface area contributed by atoms with Crippen LogP contribution in [-0.4, -0.2) is 18.4 Å². The first kappa shape index (κ1) is 14.4. The third kappa shape index (κ3) is 5.62. The summed E-state index contributed by atoms with van der Waals surface area (Å²) in [6, 6.07) is 8.81. The normalized spacial score (nSPS) is 10.1. The summed E-state index contributed by atoms with van der Waals surface area (Å²) in [6.45, 7) is 2.28. The summed E-state index contributed by atoms with van der Waals surface area (Å²) in [5.74, 6) is -0.193. The number of esters is 1. The van der Waals surface area contributed by atoms with Crippen LogP contribution in [0.1, 0.15) is 49.4 Å². The van der Waals surface area contributed by atoms with Gasteiger partial charge in [-0.15, -0.1) is 0 Å². The van der Waals surface area contributed by atoms with E-state index in [9.17, 15) is 9.59 Å². The van der Waals surface area contributed by atoms with Crippen LogP contribution in [0.5, 0.6) is 0 Å². The third-order valence-electron chi connectivity index (χ3n) is 2.68. The zero-order valence-electron chi connectivity index (χ0n) is 10.9. The first-order chi connectivity index (χ1) is 8.74. The number of hydrogen-bond donors (Lipinski definition) is 0. The van der Waals surface area contributed by atoms with Gasteiger partial charge in [0.25, 0.3) is 0 Å². The number of carbonyl (C=O) groups is 2. The van der Waals surface area contributed by atoms with Crippen LogP contribution >= 0.6 is 0 Å². The Balaban J connectivity index is 2.18. The van der Waals surface area contributed by atoms with Crippen molar-refractivity contribution >= 4 is 11.8 Å². The van der Waals surface area contributed by atoms with Crippen LogP contribution < -0.4 is 0 Å². The van der Waals surface area contributed by atoms with Crippen LogP contribution in [-0.2, 0) is 9.53 Å². The Morgan fingerprint density at radius 1 is 1.06 bits per heavy atom. The SMILES string of the molecule is CCCCCC(=O)CCOC(=O)c1ccccc1. The van der Waals surface area contributed by atoms with Crippen molar-refractivity contribution in [2.24, 2.45) is 0 Å². The van der Waals surface area contributed by atoms with Crippen molar-refractivity contribution in [1.82, 2.24) is 0 Å². The molecule has 1 rings (SSSR count). The molecule has 1 aromatic carbocycles. The van der Waals surface area contributed by atoms with Gasteiger partial charge in [-0.3, -0.25) is 4.79 Å². The van der Waals surface area contributed by atoms with Gasteiger partial charge in [0.15, 0.2) is 0 Å². The van der Waals surface area contributed by atoms with Crippen LogP contribution in [0.3, 0.4) is 0 Å². The Kier molecular flexibility index (Phi) is 6.77. The molecule has 0 aromatic heterocycles. The van der Waals surface area contributed by atoms with Crippen molar-refractivity contribution < 1.29 is 14.3 Å². The van der Waals surface area contributed by atoms with Crippen LogP contribution in [0.25, 0.3) is 0 Å². The van der Waals surface area contributed by atoms with Gasteiger partial charge in [-0.2, -0.15) is 0 Å². The van der Waals surface area contributed by atoms with Gasteiger partial charge >= 0.3 is 5.97 Å². The zero-order valence-corrected chi connectivity index (χ0v) is 10.9. The van der Waals surface area contributed by atoms with Gasteiger partial charge in [-0.05, 0) is 18.6 Å². The van der Waals surface area contributed by atoms with Crippen molar-refractivity contribution in [3.05, 3.63) is 35.9 Å². The van der Waals surface area contributed by atoms with Crippen LogP contribution in [0.15, 0.2) is 30.3 Å². The number of ketones is 1. The molecule has 0 radical (unpaired) electrons. The largest absolute Gasteiger partial charge is 0.462 e. The maximum Gasteiger partial charge on any atom is 0.338 e. The minimum absolute atomic E-state index is 0.171. The highest BCUT2D eigenvalue weighted by Gasteiger charge is 2.07. The number of Topliss-reactive ketones (excluding diaryl/α,β-unsaturated/α-hetero) is 1. The molecule has 0 fully saturated rings. The van der Waals surface area contributed by atoms with E-state index in [1.807, 2.05) is 6.07 Å². The van der Waals surface area contributed by atoms with Crippen molar-refractivity contribution in [2.75, 3.05) is 6.61 Å². The standard InChI is InChI=1S/C15H20O3/c1-2-3-5-10-14(16)11-12-18-15(17)13-8-6-4-7-9-13/h4,6-9H,2-3,5,10-12H2,1H3. The number of carbonyl (C=O) groups excluding carboxylic acids is 2. The minimum Gasteiger partial charge on any atom is -0.462 e. The quantitative estimate of drug-likeness (QED) is 0.523. The predicted octanol–water partition coefficient (Wildman–Crippen LogP) is 3.38. The minimum atomic E-state index is -0.364. The molecular weight excluding hydrogens is 228 g/mol. The second-order valence-corrected chi connectivity index (χ2v) is 4.25. The second kappa shape index (κ2) is 8.45. The number of rotatable bonds is 8. The molecule has 0 aliphatic rings. The fourth-order valence-electron chi connectivity index (χ4n) is 1.61. The molecule has 0 heterocycles. The topological polar surface area (TPSA) is 43.4 Å². The molecule has 1 aromatic rings. The Morgan fingerprint density at radius 2 is 1.78 bits per heavy atom. The highest BCUT2D eigenvalue weighted by molar-refractivity contribution is 5.89. The molecule has 0 atom stereocenters. The van der Waals surface area contributed by atoms with Crippen LogP contribution in [0.4, 0.5) is 0 Å². The first-order valence-corrected chi connectivity index (χ1v) is 6.48. The van der Waals surface area contributed by atoms with Gasteiger partial charge in [0.05, 0.1) is 12.2 Å². The molecule has 0 amide bonds. The summed E-state index contributed by atoms with van der Waals surface area (Å²) in [7, 11) is 0. The lowest BCUT2D eigenvalue weighted by atomic mass is 10.1. The van der Waals surface area contributed by atoms with Gasteiger partial charge < -0.3 is 4.74 Å². The van der Waals surface area contributed by atoms with Gasteiger partial charge in [0.1, 0.15) is 5.78 Å². The average molecular weight is 248 g/mol. The number of benzene rings is 1. The maximum atomic E-state index is 11.6. The predicted molar refractivity (Wildman–Crippen MR) is 70.5 cm³/mol. The van der Waals surface area contributed by atoms with E-state index in [1.54, 1.807) is 24.3 Å². The number of unbranched alkanes of at least 4 members (excludes halogenated alkanes) is 2. The second-order valence-electron chi connectivity index (χ2n) is 4.25. The summed E-state index contributed by atoms with van der Waals surface area (Å²) >= 11 is 0. The highest BCUT2D eigenvalue weighted by atomic mass is 16.5. The zero-order chi connectivity index (χ0) is 13.2. The molecule has 0 aliphatic heterocycles.